The monoisotopic (exact) mass is 394 g/mol. The number of aromatic nitrogens is 6. The second-order valence-corrected chi connectivity index (χ2v) is 7.03. The van der Waals surface area contributed by atoms with Crippen LogP contribution in [0.15, 0.2) is 55.0 Å². The number of fused-ring (bicyclic) bond motifs is 3. The van der Waals surface area contributed by atoms with Gasteiger partial charge >= 0.3 is 0 Å². The minimum Gasteiger partial charge on any atom is -0.265 e. The normalized spacial score (nSPS) is 11.5. The first kappa shape index (κ1) is 16.2. The Kier molecular flexibility index (Phi) is 3.63. The molecule has 0 aliphatic heterocycles. The van der Waals surface area contributed by atoms with Gasteiger partial charge < -0.3 is 0 Å². The molecular formula is C19H12Cl2N6. The second kappa shape index (κ2) is 6.04. The fourth-order valence-corrected chi connectivity index (χ4v) is 3.32. The highest BCUT2D eigenvalue weighted by molar-refractivity contribution is 6.42. The molecule has 0 aliphatic rings. The summed E-state index contributed by atoms with van der Waals surface area (Å²) < 4.78 is 3.58. The van der Waals surface area contributed by atoms with Gasteiger partial charge in [-0.15, -0.1) is 10.2 Å². The van der Waals surface area contributed by atoms with Crippen LogP contribution in [0.3, 0.4) is 0 Å². The van der Waals surface area contributed by atoms with E-state index in [4.69, 9.17) is 23.2 Å². The summed E-state index contributed by atoms with van der Waals surface area (Å²) in [6, 6.07) is 13.5. The molecule has 27 heavy (non-hydrogen) atoms. The first-order valence-corrected chi connectivity index (χ1v) is 8.97. The number of hydrogen-bond acceptors (Lipinski definition) is 4. The molecule has 0 atom stereocenters. The molecule has 3 heterocycles. The quantitative estimate of drug-likeness (QED) is 0.433. The number of rotatable bonds is 2. The van der Waals surface area contributed by atoms with Gasteiger partial charge in [0.2, 0.25) is 0 Å². The van der Waals surface area contributed by atoms with Crippen molar-refractivity contribution < 1.29 is 0 Å². The van der Waals surface area contributed by atoms with Gasteiger partial charge in [-0.05, 0) is 25.1 Å². The van der Waals surface area contributed by atoms with Crippen molar-refractivity contribution in [2.75, 3.05) is 0 Å². The molecule has 0 aliphatic carbocycles. The summed E-state index contributed by atoms with van der Waals surface area (Å²) in [5, 5.41) is 14.9. The van der Waals surface area contributed by atoms with E-state index in [1.165, 1.54) is 5.56 Å². The van der Waals surface area contributed by atoms with Crippen molar-refractivity contribution in [3.63, 3.8) is 0 Å². The number of aryl methyl sites for hydroxylation is 1. The number of nitrogens with zero attached hydrogens (tertiary/aromatic N) is 6. The molecule has 0 fully saturated rings. The van der Waals surface area contributed by atoms with Gasteiger partial charge in [0.25, 0.3) is 0 Å². The van der Waals surface area contributed by atoms with Gasteiger partial charge in [0.15, 0.2) is 17.1 Å². The molecule has 6 nitrogen and oxygen atoms in total. The lowest BCUT2D eigenvalue weighted by atomic mass is 10.1. The molecule has 0 saturated carbocycles. The summed E-state index contributed by atoms with van der Waals surface area (Å²) in [5.74, 6) is 0.738. The Labute approximate surface area is 164 Å². The molecule has 0 bridgehead atoms. The Hall–Kier alpha value is -2.96. The van der Waals surface area contributed by atoms with Gasteiger partial charge in [0.1, 0.15) is 6.33 Å². The van der Waals surface area contributed by atoms with E-state index in [1.807, 2.05) is 41.7 Å². The summed E-state index contributed by atoms with van der Waals surface area (Å²) >= 11 is 12.1. The molecule has 0 unspecified atom stereocenters. The third kappa shape index (κ3) is 2.57. The molecule has 5 rings (SSSR count). The predicted molar refractivity (Wildman–Crippen MR) is 106 cm³/mol. The van der Waals surface area contributed by atoms with E-state index in [9.17, 15) is 0 Å². The van der Waals surface area contributed by atoms with Crippen molar-refractivity contribution in [3.05, 3.63) is 70.6 Å². The zero-order valence-electron chi connectivity index (χ0n) is 14.1. The summed E-state index contributed by atoms with van der Waals surface area (Å²) in [4.78, 5) is 4.58. The lowest BCUT2D eigenvalue weighted by molar-refractivity contribution is 0.893. The zero-order chi connectivity index (χ0) is 18.5. The van der Waals surface area contributed by atoms with Crippen LogP contribution in [0.5, 0.6) is 0 Å². The maximum absolute atomic E-state index is 6.14. The van der Waals surface area contributed by atoms with Crippen LogP contribution in [0.4, 0.5) is 0 Å². The van der Waals surface area contributed by atoms with E-state index in [1.54, 1.807) is 29.3 Å². The summed E-state index contributed by atoms with van der Waals surface area (Å²) in [6.07, 6.45) is 3.44. The Morgan fingerprint density at radius 1 is 0.889 bits per heavy atom. The van der Waals surface area contributed by atoms with Crippen molar-refractivity contribution in [3.8, 4) is 17.1 Å². The van der Waals surface area contributed by atoms with Gasteiger partial charge in [-0.3, -0.25) is 4.40 Å². The minimum atomic E-state index is 0.461. The highest BCUT2D eigenvalue weighted by Gasteiger charge is 2.15. The summed E-state index contributed by atoms with van der Waals surface area (Å²) in [6.45, 7) is 2.05. The Balaban J connectivity index is 1.70. The molecule has 5 aromatic rings. The van der Waals surface area contributed by atoms with Gasteiger partial charge in [-0.2, -0.15) is 5.10 Å². The van der Waals surface area contributed by atoms with E-state index < -0.39 is 0 Å². The SMILES string of the molecule is Cc1ccc(-c2nnc3c4cnn(-c5ccc(Cl)c(Cl)c5)c4ncn23)cc1. The number of benzene rings is 2. The lowest BCUT2D eigenvalue weighted by Crippen LogP contribution is -1.99. The van der Waals surface area contributed by atoms with Crippen LogP contribution in [0.25, 0.3) is 33.8 Å². The molecule has 8 heteroatoms. The van der Waals surface area contributed by atoms with Crippen molar-refractivity contribution in [2.45, 2.75) is 6.92 Å². The third-order valence-electron chi connectivity index (χ3n) is 4.43. The molecule has 0 N–H and O–H groups in total. The van der Waals surface area contributed by atoms with E-state index in [-0.39, 0.29) is 0 Å². The Morgan fingerprint density at radius 3 is 2.48 bits per heavy atom. The van der Waals surface area contributed by atoms with Crippen LogP contribution in [0.2, 0.25) is 10.0 Å². The molecule has 3 aromatic heterocycles. The lowest BCUT2D eigenvalue weighted by Gasteiger charge is -2.05. The molecule has 2 aromatic carbocycles. The first-order chi connectivity index (χ1) is 13.1. The van der Waals surface area contributed by atoms with Crippen LogP contribution in [-0.4, -0.2) is 29.4 Å². The maximum atomic E-state index is 6.14. The Bertz CT molecular complexity index is 1300. The number of hydrogen-bond donors (Lipinski definition) is 0. The van der Waals surface area contributed by atoms with Crippen LogP contribution in [0, 0.1) is 6.92 Å². The van der Waals surface area contributed by atoms with Crippen LogP contribution < -0.4 is 0 Å². The molecule has 132 valence electrons. The van der Waals surface area contributed by atoms with E-state index in [0.29, 0.717) is 21.3 Å². The fraction of sp³-hybridized carbons (Fsp3) is 0.0526. The average molecular weight is 395 g/mol. The fourth-order valence-electron chi connectivity index (χ4n) is 3.03. The zero-order valence-corrected chi connectivity index (χ0v) is 15.6. The molecule has 0 spiro atoms. The van der Waals surface area contributed by atoms with E-state index in [0.717, 1.165) is 22.5 Å². The van der Waals surface area contributed by atoms with Gasteiger partial charge in [0, 0.05) is 5.56 Å². The second-order valence-electron chi connectivity index (χ2n) is 6.22. The van der Waals surface area contributed by atoms with Crippen LogP contribution in [-0.2, 0) is 0 Å². The summed E-state index contributed by atoms with van der Waals surface area (Å²) in [5.41, 5.74) is 4.31. The standard InChI is InChI=1S/C19H12Cl2N6/c1-11-2-4-12(5-3-11)17-24-25-19-14-9-23-27(18(14)22-10-26(17)19)13-6-7-15(20)16(21)8-13/h2-10H,1H3. The minimum absolute atomic E-state index is 0.461. The number of halogens is 2. The van der Waals surface area contributed by atoms with Crippen molar-refractivity contribution in [1.82, 2.24) is 29.4 Å². The summed E-state index contributed by atoms with van der Waals surface area (Å²) in [7, 11) is 0. The highest BCUT2D eigenvalue weighted by atomic mass is 35.5. The van der Waals surface area contributed by atoms with E-state index >= 15 is 0 Å². The smallest absolute Gasteiger partial charge is 0.175 e. The third-order valence-corrected chi connectivity index (χ3v) is 5.17. The van der Waals surface area contributed by atoms with Crippen molar-refractivity contribution in [2.24, 2.45) is 0 Å². The van der Waals surface area contributed by atoms with Crippen LogP contribution in [0.1, 0.15) is 5.56 Å². The van der Waals surface area contributed by atoms with Gasteiger partial charge in [0.05, 0.1) is 27.3 Å². The maximum Gasteiger partial charge on any atom is 0.175 e. The Morgan fingerprint density at radius 2 is 1.70 bits per heavy atom. The highest BCUT2D eigenvalue weighted by Crippen LogP contribution is 2.27. The van der Waals surface area contributed by atoms with Gasteiger partial charge in [-0.25, -0.2) is 9.67 Å². The van der Waals surface area contributed by atoms with Crippen molar-refractivity contribution in [1.29, 1.82) is 0 Å². The predicted octanol–water partition coefficient (Wildman–Crippen LogP) is 4.75. The topological polar surface area (TPSA) is 60.9 Å². The molecule has 0 radical (unpaired) electrons. The van der Waals surface area contributed by atoms with E-state index in [2.05, 4.69) is 20.3 Å². The molecule has 0 saturated heterocycles. The van der Waals surface area contributed by atoms with Crippen molar-refractivity contribution >= 4 is 39.9 Å². The molecular weight excluding hydrogens is 383 g/mol. The molecule has 0 amide bonds. The van der Waals surface area contributed by atoms with Crippen LogP contribution >= 0.6 is 23.2 Å². The largest absolute Gasteiger partial charge is 0.265 e. The average Bonchev–Trinajstić information content (AvgIpc) is 3.28. The first-order valence-electron chi connectivity index (χ1n) is 8.22. The van der Waals surface area contributed by atoms with Gasteiger partial charge in [-0.1, -0.05) is 53.0 Å².